The third-order valence-electron chi connectivity index (χ3n) is 4.64. The second-order valence-corrected chi connectivity index (χ2v) is 7.24. The molecule has 1 aromatic carbocycles. The van der Waals surface area contributed by atoms with Crippen molar-refractivity contribution >= 4 is 33.6 Å². The van der Waals surface area contributed by atoms with Crippen LogP contribution in [-0.2, 0) is 9.53 Å². The van der Waals surface area contributed by atoms with E-state index in [1.165, 1.54) is 16.7 Å². The van der Waals surface area contributed by atoms with E-state index in [9.17, 15) is 9.59 Å². The number of amides is 2. The van der Waals surface area contributed by atoms with Crippen molar-refractivity contribution in [2.75, 3.05) is 20.2 Å². The Hall–Kier alpha value is -1.99. The molecule has 1 unspecified atom stereocenters. The number of imide groups is 1. The molecule has 2 aromatic rings. The maximum atomic E-state index is 12.1. The number of carbonyl (C=O) groups excluding carboxylic acids is 2. The fourth-order valence-corrected chi connectivity index (χ4v) is 4.31. The molecular formula is C17H22N3O3S+. The smallest absolute Gasteiger partial charge is 0.413 e. The molecule has 3 atom stereocenters. The van der Waals surface area contributed by atoms with Crippen molar-refractivity contribution < 1.29 is 19.2 Å². The topological polar surface area (TPSA) is 72.7 Å². The number of methoxy groups -OCH3 is 1. The van der Waals surface area contributed by atoms with Gasteiger partial charge in [-0.3, -0.25) is 10.1 Å². The molecule has 6 nitrogen and oxygen atoms in total. The van der Waals surface area contributed by atoms with Crippen LogP contribution in [0.3, 0.4) is 0 Å². The van der Waals surface area contributed by atoms with Gasteiger partial charge in [0.25, 0.3) is 5.91 Å². The third-order valence-corrected chi connectivity index (χ3v) is 5.83. The quantitative estimate of drug-likeness (QED) is 0.878. The summed E-state index contributed by atoms with van der Waals surface area (Å²) in [6, 6.07) is 7.87. The van der Waals surface area contributed by atoms with Crippen LogP contribution in [0.15, 0.2) is 24.3 Å². The number of benzene rings is 1. The number of thiazole rings is 1. The second-order valence-electron chi connectivity index (χ2n) is 6.17. The van der Waals surface area contributed by atoms with E-state index in [0.717, 1.165) is 36.5 Å². The van der Waals surface area contributed by atoms with E-state index in [1.54, 1.807) is 11.3 Å². The zero-order chi connectivity index (χ0) is 17.1. The van der Waals surface area contributed by atoms with E-state index in [1.807, 2.05) is 25.1 Å². The minimum atomic E-state index is -0.703. The first-order chi connectivity index (χ1) is 11.6. The van der Waals surface area contributed by atoms with Gasteiger partial charge in [-0.2, -0.15) is 0 Å². The number of nitrogens with one attached hydrogen (secondary N) is 2. The number of carbonyl (C=O) groups is 2. The number of fused-ring (bicyclic) bond motifs is 1. The first kappa shape index (κ1) is 16.9. The summed E-state index contributed by atoms with van der Waals surface area (Å²) in [4.78, 5) is 29.3. The lowest BCUT2D eigenvalue weighted by Crippen LogP contribution is -3.18. The van der Waals surface area contributed by atoms with Gasteiger partial charge in [0, 0.05) is 0 Å². The molecule has 0 spiro atoms. The third kappa shape index (κ3) is 3.57. The summed E-state index contributed by atoms with van der Waals surface area (Å²) in [5, 5.41) is 3.42. The van der Waals surface area contributed by atoms with Crippen LogP contribution in [0.4, 0.5) is 4.79 Å². The van der Waals surface area contributed by atoms with Gasteiger partial charge < -0.3 is 9.64 Å². The van der Waals surface area contributed by atoms with Crippen LogP contribution in [0.1, 0.15) is 30.7 Å². The minimum absolute atomic E-state index is 0.290. The highest BCUT2D eigenvalue weighted by atomic mass is 32.1. The van der Waals surface area contributed by atoms with E-state index < -0.39 is 6.09 Å². The largest absolute Gasteiger partial charge is 0.453 e. The molecule has 1 saturated heterocycles. The van der Waals surface area contributed by atoms with Crippen LogP contribution in [0.2, 0.25) is 0 Å². The van der Waals surface area contributed by atoms with Gasteiger partial charge in [0.2, 0.25) is 0 Å². The molecule has 24 heavy (non-hydrogen) atoms. The zero-order valence-corrected chi connectivity index (χ0v) is 14.7. The van der Waals surface area contributed by atoms with Crippen molar-refractivity contribution in [3.05, 3.63) is 29.3 Å². The highest BCUT2D eigenvalue weighted by Crippen LogP contribution is 2.30. The number of alkyl carbamates (subject to hydrolysis) is 1. The highest BCUT2D eigenvalue weighted by Gasteiger charge is 2.33. The Kier molecular flexibility index (Phi) is 5.11. The Morgan fingerprint density at radius 2 is 2.21 bits per heavy atom. The Morgan fingerprint density at radius 1 is 1.42 bits per heavy atom. The maximum Gasteiger partial charge on any atom is 0.413 e. The summed E-state index contributed by atoms with van der Waals surface area (Å²) in [6.45, 7) is 3.64. The lowest BCUT2D eigenvalue weighted by molar-refractivity contribution is -0.920. The van der Waals surface area contributed by atoms with Gasteiger partial charge in [0.1, 0.15) is 5.01 Å². The number of hydrogen-bond donors (Lipinski definition) is 2. The van der Waals surface area contributed by atoms with Gasteiger partial charge in [-0.05, 0) is 31.9 Å². The summed E-state index contributed by atoms with van der Waals surface area (Å²) in [5.41, 5.74) is 1.04. The minimum Gasteiger partial charge on any atom is -0.453 e. The zero-order valence-electron chi connectivity index (χ0n) is 13.9. The maximum absolute atomic E-state index is 12.1. The van der Waals surface area contributed by atoms with E-state index in [0.29, 0.717) is 5.92 Å². The Balaban J connectivity index is 1.69. The van der Waals surface area contributed by atoms with Gasteiger partial charge in [0.05, 0.1) is 36.3 Å². The molecule has 0 saturated carbocycles. The van der Waals surface area contributed by atoms with Crippen molar-refractivity contribution in [2.24, 2.45) is 0 Å². The van der Waals surface area contributed by atoms with E-state index in [-0.39, 0.29) is 11.9 Å². The number of para-hydroxylation sites is 1. The van der Waals surface area contributed by atoms with Gasteiger partial charge in [-0.1, -0.05) is 12.1 Å². The number of quaternary nitrogens is 1. The summed E-state index contributed by atoms with van der Waals surface area (Å²) in [5.74, 6) is 0.0707. The number of aromatic nitrogens is 1. The SMILES string of the molecule is COC(=O)NC(=O)[C@@H](C)[NH+]1CCC[C@H](c2nc3ccccc3s2)C1. The van der Waals surface area contributed by atoms with Gasteiger partial charge in [-0.25, -0.2) is 9.78 Å². The molecule has 0 radical (unpaired) electrons. The molecule has 1 aliphatic rings. The molecule has 3 rings (SSSR count). The van der Waals surface area contributed by atoms with Gasteiger partial charge in [-0.15, -0.1) is 11.3 Å². The van der Waals surface area contributed by atoms with Crippen molar-refractivity contribution in [3.63, 3.8) is 0 Å². The van der Waals surface area contributed by atoms with Crippen LogP contribution in [-0.4, -0.2) is 43.2 Å². The van der Waals surface area contributed by atoms with E-state index in [4.69, 9.17) is 4.98 Å². The monoisotopic (exact) mass is 348 g/mol. The average molecular weight is 348 g/mol. The van der Waals surface area contributed by atoms with Crippen LogP contribution < -0.4 is 10.2 Å². The normalized spacial score (nSPS) is 22.1. The summed E-state index contributed by atoms with van der Waals surface area (Å²) >= 11 is 1.74. The number of ether oxygens (including phenoxy) is 1. The molecular weight excluding hydrogens is 326 g/mol. The molecule has 128 valence electrons. The first-order valence-corrected chi connectivity index (χ1v) is 8.99. The fourth-order valence-electron chi connectivity index (χ4n) is 3.21. The van der Waals surface area contributed by atoms with Crippen molar-refractivity contribution in [1.29, 1.82) is 0 Å². The van der Waals surface area contributed by atoms with Crippen molar-refractivity contribution in [2.45, 2.75) is 31.7 Å². The Morgan fingerprint density at radius 3 is 2.96 bits per heavy atom. The standard InChI is InChI=1S/C17H21N3O3S/c1-11(15(21)19-17(22)23-2)20-9-5-6-12(10-20)16-18-13-7-3-4-8-14(13)24-16/h3-4,7-8,11-12H,5-6,9-10H2,1-2H3,(H,19,21,22)/p+1/t11-,12+/m1/s1. The van der Waals surface area contributed by atoms with Crippen molar-refractivity contribution in [3.8, 4) is 0 Å². The molecule has 2 heterocycles. The van der Waals surface area contributed by atoms with E-state index in [2.05, 4.69) is 16.1 Å². The lowest BCUT2D eigenvalue weighted by atomic mass is 9.97. The number of likely N-dealkylation sites (tertiary alicyclic amines) is 1. The molecule has 7 heteroatoms. The molecule has 1 fully saturated rings. The van der Waals surface area contributed by atoms with Crippen molar-refractivity contribution in [1.82, 2.24) is 10.3 Å². The lowest BCUT2D eigenvalue weighted by Gasteiger charge is -2.32. The predicted molar refractivity (Wildman–Crippen MR) is 92.3 cm³/mol. The average Bonchev–Trinajstić information content (AvgIpc) is 3.05. The Labute approximate surface area is 144 Å². The first-order valence-electron chi connectivity index (χ1n) is 8.17. The number of hydrogen-bond acceptors (Lipinski definition) is 5. The van der Waals surface area contributed by atoms with Crippen LogP contribution in [0.25, 0.3) is 10.2 Å². The molecule has 0 bridgehead atoms. The van der Waals surface area contributed by atoms with Crippen LogP contribution in [0, 0.1) is 0 Å². The number of nitrogens with zero attached hydrogens (tertiary/aromatic N) is 1. The Bertz CT molecular complexity index is 713. The summed E-state index contributed by atoms with van der Waals surface area (Å²) in [7, 11) is 1.25. The highest BCUT2D eigenvalue weighted by molar-refractivity contribution is 7.18. The molecule has 0 aliphatic carbocycles. The predicted octanol–water partition coefficient (Wildman–Crippen LogP) is 1.33. The second kappa shape index (κ2) is 7.27. The number of piperidine rings is 1. The van der Waals surface area contributed by atoms with Crippen LogP contribution in [0.5, 0.6) is 0 Å². The molecule has 2 amide bonds. The number of rotatable bonds is 3. The summed E-state index contributed by atoms with van der Waals surface area (Å²) < 4.78 is 5.70. The van der Waals surface area contributed by atoms with Gasteiger partial charge >= 0.3 is 6.09 Å². The molecule has 1 aliphatic heterocycles. The molecule has 1 aromatic heterocycles. The molecule has 2 N–H and O–H groups in total. The van der Waals surface area contributed by atoms with Gasteiger partial charge in [0.15, 0.2) is 6.04 Å². The van der Waals surface area contributed by atoms with E-state index >= 15 is 0 Å². The fraction of sp³-hybridized carbons (Fsp3) is 0.471. The van der Waals surface area contributed by atoms with Crippen LogP contribution >= 0.6 is 11.3 Å². The summed E-state index contributed by atoms with van der Waals surface area (Å²) in [6.07, 6.45) is 1.44.